The van der Waals surface area contributed by atoms with Gasteiger partial charge in [0.1, 0.15) is 17.7 Å². The zero-order chi connectivity index (χ0) is 25.6. The molecule has 5 N–H and O–H groups in total. The molecule has 1 aromatic heterocycles. The second kappa shape index (κ2) is 10.7. The Kier molecular flexibility index (Phi) is 8.27. The van der Waals surface area contributed by atoms with Gasteiger partial charge in [0.25, 0.3) is 17.4 Å². The molecule has 0 bridgehead atoms. The van der Waals surface area contributed by atoms with E-state index in [9.17, 15) is 42.6 Å². The maximum absolute atomic E-state index is 13.4. The van der Waals surface area contributed by atoms with Crippen LogP contribution in [0.25, 0.3) is 0 Å². The minimum Gasteiger partial charge on any atom is -0.506 e. The second-order valence-electron chi connectivity index (χ2n) is 7.15. The van der Waals surface area contributed by atoms with Gasteiger partial charge in [0.05, 0.1) is 12.1 Å². The number of aromatic nitrogens is 1. The van der Waals surface area contributed by atoms with Crippen molar-refractivity contribution in [3.05, 3.63) is 56.9 Å². The molecule has 2 aromatic rings. The van der Waals surface area contributed by atoms with Crippen molar-refractivity contribution in [3.8, 4) is 11.6 Å². The third kappa shape index (κ3) is 5.85. The smallest absolute Gasteiger partial charge is 0.416 e. The normalized spacial score (nSPS) is 11.2. The summed E-state index contributed by atoms with van der Waals surface area (Å²) in [6.07, 6.45) is -3.64. The summed E-state index contributed by atoms with van der Waals surface area (Å²) >= 11 is 0. The van der Waals surface area contributed by atoms with Gasteiger partial charge in [0, 0.05) is 6.54 Å². The van der Waals surface area contributed by atoms with Crippen LogP contribution in [0.3, 0.4) is 0 Å². The van der Waals surface area contributed by atoms with Crippen LogP contribution in [0, 0.1) is 0 Å². The average Bonchev–Trinajstić information content (AvgIpc) is 2.75. The van der Waals surface area contributed by atoms with Crippen LogP contribution < -0.4 is 16.2 Å². The van der Waals surface area contributed by atoms with E-state index in [0.717, 1.165) is 18.2 Å². The largest absolute Gasteiger partial charge is 0.506 e. The van der Waals surface area contributed by atoms with Gasteiger partial charge in [-0.25, -0.2) is 0 Å². The number of benzene rings is 1. The number of pyridine rings is 1. The first-order valence-electron chi connectivity index (χ1n) is 10.0. The number of alkyl halides is 3. The lowest BCUT2D eigenvalue weighted by Crippen LogP contribution is -2.37. The number of carboxylic acid groups (broad SMARTS) is 1. The van der Waals surface area contributed by atoms with Crippen molar-refractivity contribution in [2.45, 2.75) is 32.5 Å². The first kappa shape index (κ1) is 26.2. The Morgan fingerprint density at radius 2 is 1.65 bits per heavy atom. The topological polar surface area (TPSA) is 158 Å². The number of aromatic hydroxyl groups is 2. The lowest BCUT2D eigenvalue weighted by Gasteiger charge is -2.18. The summed E-state index contributed by atoms with van der Waals surface area (Å²) in [7, 11) is 0. The van der Waals surface area contributed by atoms with Gasteiger partial charge in [0.2, 0.25) is 5.88 Å². The fraction of sp³-hybridized carbons (Fsp3) is 0.333. The molecule has 0 saturated carbocycles. The summed E-state index contributed by atoms with van der Waals surface area (Å²) in [6.45, 7) is 0.0630. The number of aliphatic carboxylic acids is 1. The molecule has 0 atom stereocenters. The molecule has 34 heavy (non-hydrogen) atoms. The van der Waals surface area contributed by atoms with E-state index in [0.29, 0.717) is 17.4 Å². The lowest BCUT2D eigenvalue weighted by atomic mass is 10.1. The predicted octanol–water partition coefficient (Wildman–Crippen LogP) is 1.67. The number of carbonyl (C=O) groups is 3. The molecule has 1 aromatic carbocycles. The zero-order valence-corrected chi connectivity index (χ0v) is 17.9. The van der Waals surface area contributed by atoms with Crippen LogP contribution in [-0.2, 0) is 17.5 Å². The van der Waals surface area contributed by atoms with Gasteiger partial charge in [-0.2, -0.15) is 13.2 Å². The fourth-order valence-corrected chi connectivity index (χ4v) is 3.08. The summed E-state index contributed by atoms with van der Waals surface area (Å²) in [6, 6.07) is 4.15. The molecule has 2 amide bonds. The van der Waals surface area contributed by atoms with Gasteiger partial charge >= 0.3 is 12.1 Å². The van der Waals surface area contributed by atoms with E-state index in [2.05, 4.69) is 5.32 Å². The molecule has 0 aliphatic heterocycles. The summed E-state index contributed by atoms with van der Waals surface area (Å²) in [5.74, 6) is -6.44. The van der Waals surface area contributed by atoms with E-state index in [1.165, 1.54) is 6.07 Å². The molecule has 0 aliphatic carbocycles. The first-order chi connectivity index (χ1) is 15.9. The molecule has 0 spiro atoms. The van der Waals surface area contributed by atoms with Crippen molar-refractivity contribution in [1.29, 1.82) is 0 Å². The molecule has 0 unspecified atom stereocenters. The van der Waals surface area contributed by atoms with E-state index in [1.807, 2.05) is 12.2 Å². The van der Waals surface area contributed by atoms with Crippen LogP contribution in [0.2, 0.25) is 0 Å². The number of nitrogens with one attached hydrogen (secondary N) is 2. The van der Waals surface area contributed by atoms with Crippen molar-refractivity contribution in [3.63, 3.8) is 0 Å². The third-order valence-electron chi connectivity index (χ3n) is 4.73. The Balaban J connectivity index is 2.71. The molecular weight excluding hydrogens is 463 g/mol. The van der Waals surface area contributed by atoms with Gasteiger partial charge in [0.15, 0.2) is 5.75 Å². The van der Waals surface area contributed by atoms with E-state index >= 15 is 0 Å². The van der Waals surface area contributed by atoms with Crippen LogP contribution in [0.1, 0.15) is 51.6 Å². The summed E-state index contributed by atoms with van der Waals surface area (Å²) < 4.78 is 40.5. The maximum atomic E-state index is 13.4. The van der Waals surface area contributed by atoms with Crippen LogP contribution in [0.4, 0.5) is 13.2 Å². The van der Waals surface area contributed by atoms with Crippen LogP contribution in [0.15, 0.2) is 29.1 Å². The number of amides is 2. The summed E-state index contributed by atoms with van der Waals surface area (Å²) in [4.78, 5) is 48.7. The average molecular weight is 485 g/mol. The lowest BCUT2D eigenvalue weighted by molar-refractivity contribution is -0.138. The molecule has 1 heterocycles. The molecule has 0 radical (unpaired) electrons. The molecule has 10 nitrogen and oxygen atoms in total. The van der Waals surface area contributed by atoms with E-state index < -0.39 is 76.5 Å². The molecule has 13 heteroatoms. The van der Waals surface area contributed by atoms with Crippen molar-refractivity contribution >= 4 is 17.8 Å². The third-order valence-corrected chi connectivity index (χ3v) is 4.73. The number of rotatable bonds is 9. The van der Waals surface area contributed by atoms with Gasteiger partial charge < -0.3 is 26.0 Å². The highest BCUT2D eigenvalue weighted by Crippen LogP contribution is 2.34. The second-order valence-corrected chi connectivity index (χ2v) is 7.15. The Morgan fingerprint density at radius 1 is 1.03 bits per heavy atom. The van der Waals surface area contributed by atoms with Gasteiger partial charge in [-0.05, 0) is 18.1 Å². The van der Waals surface area contributed by atoms with Crippen molar-refractivity contribution in [1.82, 2.24) is 15.2 Å². The van der Waals surface area contributed by atoms with Gasteiger partial charge in [-0.1, -0.05) is 31.5 Å². The van der Waals surface area contributed by atoms with Crippen molar-refractivity contribution in [2.24, 2.45) is 0 Å². The SMILES string of the molecule is CCCCNC(=O)c1c(O)c(C(=O)NCC(=O)O)c(O)n(Cc2ccccc2C(F)(F)F)c1=O. The fourth-order valence-electron chi connectivity index (χ4n) is 3.08. The van der Waals surface area contributed by atoms with Crippen LogP contribution in [-0.4, -0.2) is 50.8 Å². The Labute approximate surface area is 190 Å². The van der Waals surface area contributed by atoms with Gasteiger partial charge in [-0.15, -0.1) is 0 Å². The zero-order valence-electron chi connectivity index (χ0n) is 17.9. The Bertz CT molecular complexity index is 1160. The number of carboxylic acids is 1. The highest BCUT2D eigenvalue weighted by molar-refractivity contribution is 6.05. The highest BCUT2D eigenvalue weighted by atomic mass is 19.4. The Morgan fingerprint density at radius 3 is 2.24 bits per heavy atom. The minimum absolute atomic E-state index is 0.0898. The van der Waals surface area contributed by atoms with Crippen LogP contribution >= 0.6 is 0 Å². The van der Waals surface area contributed by atoms with Crippen molar-refractivity contribution < 1.29 is 42.9 Å². The maximum Gasteiger partial charge on any atom is 0.416 e. The molecular formula is C21H22F3N3O7. The summed E-state index contributed by atoms with van der Waals surface area (Å²) in [5, 5.41) is 34.0. The first-order valence-corrected chi connectivity index (χ1v) is 10.0. The molecule has 0 aliphatic rings. The number of hydrogen-bond acceptors (Lipinski definition) is 6. The highest BCUT2D eigenvalue weighted by Gasteiger charge is 2.34. The van der Waals surface area contributed by atoms with E-state index in [-0.39, 0.29) is 6.54 Å². The number of carbonyl (C=O) groups excluding carboxylic acids is 2. The number of unbranched alkanes of at least 4 members (excludes halogenated alkanes) is 1. The standard InChI is InChI=1S/C21H22F3N3O7/c1-2-3-8-25-17(31)14-16(30)15(18(32)26-9-13(28)29)20(34)27(19(14)33)10-11-6-4-5-7-12(11)21(22,23)24/h4-7,30,34H,2-3,8-10H2,1H3,(H,25,31)(H,26,32)(H,28,29). The molecule has 0 fully saturated rings. The van der Waals surface area contributed by atoms with Crippen molar-refractivity contribution in [2.75, 3.05) is 13.1 Å². The monoisotopic (exact) mass is 485 g/mol. The molecule has 2 rings (SSSR count). The predicted molar refractivity (Wildman–Crippen MR) is 112 cm³/mol. The van der Waals surface area contributed by atoms with Gasteiger partial charge in [-0.3, -0.25) is 23.7 Å². The molecule has 0 saturated heterocycles. The Hall–Kier alpha value is -4.03. The number of nitrogens with zero attached hydrogens (tertiary/aromatic N) is 1. The molecule has 184 valence electrons. The van der Waals surface area contributed by atoms with Crippen LogP contribution in [0.5, 0.6) is 11.6 Å². The van der Waals surface area contributed by atoms with E-state index in [1.54, 1.807) is 0 Å². The summed E-state index contributed by atoms with van der Waals surface area (Å²) in [5.41, 5.74) is -4.96. The quantitative estimate of drug-likeness (QED) is 0.338. The minimum atomic E-state index is -4.81. The number of hydrogen-bond donors (Lipinski definition) is 5. The van der Waals surface area contributed by atoms with E-state index in [4.69, 9.17) is 5.11 Å². The number of halogens is 3.